The van der Waals surface area contributed by atoms with Gasteiger partial charge in [-0.15, -0.1) is 0 Å². The summed E-state index contributed by atoms with van der Waals surface area (Å²) in [7, 11) is 0. The molecule has 6 aromatic carbocycles. The monoisotopic (exact) mass is 474 g/mol. The summed E-state index contributed by atoms with van der Waals surface area (Å²) in [5.41, 5.74) is 0.313. The highest BCUT2D eigenvalue weighted by Crippen LogP contribution is 2.48. The summed E-state index contributed by atoms with van der Waals surface area (Å²) < 4.78 is 45.1. The van der Waals surface area contributed by atoms with Crippen LogP contribution in [0.1, 0.15) is 5.56 Å². The summed E-state index contributed by atoms with van der Waals surface area (Å²) in [5, 5.41) is 21.3. The largest absolute Gasteiger partial charge is 0.417 e. The van der Waals surface area contributed by atoms with Crippen LogP contribution in [0.15, 0.2) is 88.8 Å². The Balaban J connectivity index is 2.15. The van der Waals surface area contributed by atoms with Gasteiger partial charge < -0.3 is 0 Å². The topological polar surface area (TPSA) is 72.3 Å². The molecule has 7 heteroatoms. The molecule has 0 spiro atoms. The highest BCUT2D eigenvalue weighted by molar-refractivity contribution is 6.30. The maximum absolute atomic E-state index is 15.0. The van der Waals surface area contributed by atoms with Crippen LogP contribution in [0.25, 0.3) is 54.2 Å². The standard InChI is InChI=1S/C29H13F3N4/c30-29(31,32)26-23-18-11-5-7-13-20(18)27(35-14-33)24(23)21(16-8-2-1-3-9-16)22-17-10-4-6-12-19(17)28(25(22)26)36-15-34/h1-13H/b35-27+,36-28+. The first-order valence-electron chi connectivity index (χ1n) is 11.0. The Hall–Kier alpha value is -5.01. The minimum Gasteiger partial charge on any atom is -0.172 e. The van der Waals surface area contributed by atoms with E-state index in [-0.39, 0.29) is 26.9 Å². The van der Waals surface area contributed by atoms with Crippen LogP contribution in [-0.2, 0) is 6.18 Å². The Bertz CT molecular complexity index is 2040. The van der Waals surface area contributed by atoms with Crippen LogP contribution in [0.3, 0.4) is 0 Å². The Morgan fingerprint density at radius 3 is 1.56 bits per heavy atom. The minimum absolute atomic E-state index is 0.0152. The van der Waals surface area contributed by atoms with Crippen LogP contribution in [-0.4, -0.2) is 0 Å². The van der Waals surface area contributed by atoms with Gasteiger partial charge in [-0.2, -0.15) is 33.7 Å². The second kappa shape index (κ2) is 7.76. The maximum Gasteiger partial charge on any atom is 0.417 e. The summed E-state index contributed by atoms with van der Waals surface area (Å²) in [6.45, 7) is 0. The summed E-state index contributed by atoms with van der Waals surface area (Å²) in [4.78, 5) is 7.92. The SMILES string of the molecule is N#C/N=c1\c2ccccc2c2c(-c3ccccc3)c3/c(=N/C#N)c4ccccc4c3c(C(F)(F)F)c12. The molecule has 0 bridgehead atoms. The molecule has 0 aliphatic heterocycles. The van der Waals surface area contributed by atoms with Gasteiger partial charge in [-0.05, 0) is 16.3 Å². The molecule has 0 radical (unpaired) electrons. The second-order valence-corrected chi connectivity index (χ2v) is 8.33. The Kier molecular flexibility index (Phi) is 4.64. The number of rotatable bonds is 1. The van der Waals surface area contributed by atoms with Gasteiger partial charge in [0, 0.05) is 37.9 Å². The van der Waals surface area contributed by atoms with E-state index in [2.05, 4.69) is 9.98 Å². The second-order valence-electron chi connectivity index (χ2n) is 8.33. The van der Waals surface area contributed by atoms with Gasteiger partial charge in [0.15, 0.2) is 0 Å². The molecule has 0 heterocycles. The van der Waals surface area contributed by atoms with Crippen molar-refractivity contribution < 1.29 is 13.2 Å². The van der Waals surface area contributed by atoms with Crippen molar-refractivity contribution in [3.05, 3.63) is 95.1 Å². The lowest BCUT2D eigenvalue weighted by molar-refractivity contribution is -0.135. The van der Waals surface area contributed by atoms with Crippen molar-refractivity contribution in [3.8, 4) is 23.5 Å². The Labute approximate surface area is 201 Å². The molecule has 0 N–H and O–H groups in total. The number of fused-ring (bicyclic) bond motifs is 6. The Morgan fingerprint density at radius 2 is 1.03 bits per heavy atom. The first-order chi connectivity index (χ1) is 17.5. The number of nitrogens with zero attached hydrogens (tertiary/aromatic N) is 4. The number of hydrogen-bond donors (Lipinski definition) is 0. The maximum atomic E-state index is 15.0. The van der Waals surface area contributed by atoms with E-state index >= 15 is 13.2 Å². The van der Waals surface area contributed by atoms with Crippen molar-refractivity contribution in [1.29, 1.82) is 10.5 Å². The third-order valence-corrected chi connectivity index (χ3v) is 6.55. The van der Waals surface area contributed by atoms with Crippen molar-refractivity contribution in [3.63, 3.8) is 0 Å². The molecule has 36 heavy (non-hydrogen) atoms. The van der Waals surface area contributed by atoms with Gasteiger partial charge in [-0.1, -0.05) is 78.9 Å². The summed E-state index contributed by atoms with van der Waals surface area (Å²) in [6.07, 6.45) is -1.30. The predicted octanol–water partition coefficient (Wildman–Crippen LogP) is 6.62. The third kappa shape index (κ3) is 2.87. The molecule has 0 fully saturated rings. The van der Waals surface area contributed by atoms with E-state index in [0.29, 0.717) is 38.1 Å². The lowest BCUT2D eigenvalue weighted by Crippen LogP contribution is -2.12. The number of hydrogen-bond acceptors (Lipinski definition) is 4. The molecule has 0 aliphatic rings. The van der Waals surface area contributed by atoms with Gasteiger partial charge >= 0.3 is 6.18 Å². The van der Waals surface area contributed by atoms with Gasteiger partial charge in [0.05, 0.1) is 16.3 Å². The molecule has 0 saturated heterocycles. The van der Waals surface area contributed by atoms with Gasteiger partial charge in [-0.25, -0.2) is 0 Å². The zero-order valence-electron chi connectivity index (χ0n) is 18.4. The lowest BCUT2D eigenvalue weighted by atomic mass is 9.90. The average molecular weight is 474 g/mol. The van der Waals surface area contributed by atoms with E-state index < -0.39 is 11.7 Å². The van der Waals surface area contributed by atoms with Crippen molar-refractivity contribution in [1.82, 2.24) is 0 Å². The van der Waals surface area contributed by atoms with Crippen LogP contribution in [0.2, 0.25) is 0 Å². The molecule has 0 unspecified atom stereocenters. The fourth-order valence-corrected chi connectivity index (χ4v) is 5.36. The summed E-state index contributed by atoms with van der Waals surface area (Å²) >= 11 is 0. The van der Waals surface area contributed by atoms with E-state index in [1.54, 1.807) is 73.0 Å². The predicted molar refractivity (Wildman–Crippen MR) is 132 cm³/mol. The van der Waals surface area contributed by atoms with Crippen LogP contribution in [0.4, 0.5) is 13.2 Å². The first kappa shape index (κ1) is 21.5. The average Bonchev–Trinajstić information content (AvgIpc) is 3.37. The molecular formula is C29H13F3N4. The quantitative estimate of drug-likeness (QED) is 0.251. The van der Waals surface area contributed by atoms with Crippen molar-refractivity contribution in [2.75, 3.05) is 0 Å². The molecule has 0 atom stereocenters. The zero-order valence-corrected chi connectivity index (χ0v) is 18.4. The van der Waals surface area contributed by atoms with E-state index in [1.807, 2.05) is 18.2 Å². The highest BCUT2D eigenvalue weighted by Gasteiger charge is 2.39. The molecule has 0 amide bonds. The third-order valence-electron chi connectivity index (χ3n) is 6.55. The van der Waals surface area contributed by atoms with Crippen molar-refractivity contribution in [2.45, 2.75) is 6.18 Å². The van der Waals surface area contributed by atoms with E-state index in [9.17, 15) is 10.5 Å². The summed E-state index contributed by atoms with van der Waals surface area (Å²) in [5.74, 6) is 0. The van der Waals surface area contributed by atoms with Gasteiger partial charge in [0.2, 0.25) is 12.4 Å². The molecule has 0 saturated carbocycles. The van der Waals surface area contributed by atoms with E-state index in [1.165, 1.54) is 0 Å². The fraction of sp³-hybridized carbons (Fsp3) is 0.0345. The number of benzene rings is 4. The number of halogens is 3. The molecule has 0 aromatic heterocycles. The van der Waals surface area contributed by atoms with Crippen molar-refractivity contribution in [2.24, 2.45) is 9.98 Å². The minimum atomic E-state index is -4.78. The summed E-state index contributed by atoms with van der Waals surface area (Å²) in [6, 6.07) is 22.6. The normalized spacial score (nSPS) is 13.1. The van der Waals surface area contributed by atoms with Crippen LogP contribution in [0.5, 0.6) is 0 Å². The molecular weight excluding hydrogens is 461 g/mol. The Morgan fingerprint density at radius 1 is 0.556 bits per heavy atom. The molecule has 0 aliphatic carbocycles. The van der Waals surface area contributed by atoms with Gasteiger partial charge in [0.1, 0.15) is 0 Å². The molecule has 4 nitrogen and oxygen atoms in total. The smallest absolute Gasteiger partial charge is 0.172 e. The van der Waals surface area contributed by atoms with E-state index in [4.69, 9.17) is 0 Å². The molecule has 6 aromatic rings. The van der Waals surface area contributed by atoms with Gasteiger partial charge in [-0.3, -0.25) is 0 Å². The molecule has 170 valence electrons. The lowest BCUT2D eigenvalue weighted by Gasteiger charge is -2.16. The zero-order chi connectivity index (χ0) is 25.0. The molecule has 6 rings (SSSR count). The fourth-order valence-electron chi connectivity index (χ4n) is 5.36. The van der Waals surface area contributed by atoms with E-state index in [0.717, 1.165) is 0 Å². The first-order valence-corrected chi connectivity index (χ1v) is 11.0. The van der Waals surface area contributed by atoms with Crippen molar-refractivity contribution >= 4 is 43.1 Å². The van der Waals surface area contributed by atoms with Gasteiger partial charge in [0.25, 0.3) is 0 Å². The highest BCUT2D eigenvalue weighted by atomic mass is 19.4. The number of alkyl halides is 3. The number of nitriles is 2. The van der Waals surface area contributed by atoms with Crippen LogP contribution < -0.4 is 10.7 Å². The van der Waals surface area contributed by atoms with Crippen LogP contribution >= 0.6 is 0 Å². The van der Waals surface area contributed by atoms with Crippen LogP contribution in [0, 0.1) is 22.9 Å².